The molecule has 0 saturated carbocycles. The lowest BCUT2D eigenvalue weighted by Gasteiger charge is -2.18. The molecule has 4 atom stereocenters. The molecule has 1 amide bonds. The van der Waals surface area contributed by atoms with Gasteiger partial charge in [0.1, 0.15) is 24.1 Å². The second-order valence-corrected chi connectivity index (χ2v) is 5.98. The van der Waals surface area contributed by atoms with Crippen LogP contribution >= 0.6 is 0 Å². The quantitative estimate of drug-likeness (QED) is 0.713. The lowest BCUT2D eigenvalue weighted by atomic mass is 10.1. The van der Waals surface area contributed by atoms with Gasteiger partial charge in [-0.3, -0.25) is 9.59 Å². The van der Waals surface area contributed by atoms with Gasteiger partial charge in [0, 0.05) is 11.5 Å². The van der Waals surface area contributed by atoms with E-state index in [4.69, 9.17) is 9.47 Å². The van der Waals surface area contributed by atoms with Crippen LogP contribution < -0.4 is 10.9 Å². The molecule has 1 aromatic carbocycles. The van der Waals surface area contributed by atoms with Gasteiger partial charge in [0.25, 0.3) is 5.91 Å². The lowest BCUT2D eigenvalue weighted by molar-refractivity contribution is 0.0178. The summed E-state index contributed by atoms with van der Waals surface area (Å²) in [6, 6.07) is 4.59. The van der Waals surface area contributed by atoms with Crippen LogP contribution in [0.15, 0.2) is 29.1 Å². The zero-order valence-corrected chi connectivity index (χ0v) is 12.5. The Hall–Kier alpha value is -2.29. The number of hydrogen-bond donors (Lipinski definition) is 3. The Kier molecular flexibility index (Phi) is 3.60. The second kappa shape index (κ2) is 5.66. The minimum absolute atomic E-state index is 0.149. The average molecular weight is 334 g/mol. The zero-order valence-electron chi connectivity index (χ0n) is 12.5. The first-order valence-electron chi connectivity index (χ1n) is 7.57. The van der Waals surface area contributed by atoms with E-state index in [1.54, 1.807) is 0 Å². The molecule has 7 nitrogen and oxygen atoms in total. The third-order valence-electron chi connectivity index (χ3n) is 4.39. The Labute approximate surface area is 135 Å². The second-order valence-electron chi connectivity index (χ2n) is 5.98. The summed E-state index contributed by atoms with van der Waals surface area (Å²) in [6.07, 6.45) is -1.59. The fourth-order valence-electron chi connectivity index (χ4n) is 3.27. The van der Waals surface area contributed by atoms with Gasteiger partial charge in [-0.05, 0) is 18.2 Å². The molecule has 126 valence electrons. The number of aliphatic hydroxyl groups excluding tert-OH is 1. The number of hydrogen-bond acceptors (Lipinski definition) is 5. The standard InChI is InChI=1S/C16H15FN2O5/c17-7-1-2-8-9(4-13(21)18-10(8)3-7)16(22)19-11-5-23-15-12(20)6-24-14(11)15/h1-4,11-12,14-15,20H,5-6H2,(H,18,21)(H,19,22)/t11-,12-,14+,15+/m0/s1. The third-order valence-corrected chi connectivity index (χ3v) is 4.39. The first-order valence-corrected chi connectivity index (χ1v) is 7.57. The van der Waals surface area contributed by atoms with Crippen LogP contribution in [0.2, 0.25) is 0 Å². The van der Waals surface area contributed by atoms with Gasteiger partial charge in [-0.2, -0.15) is 0 Å². The van der Waals surface area contributed by atoms with E-state index < -0.39 is 41.6 Å². The van der Waals surface area contributed by atoms with Crippen LogP contribution in [0.3, 0.4) is 0 Å². The number of amides is 1. The van der Waals surface area contributed by atoms with Crippen LogP contribution in [-0.2, 0) is 9.47 Å². The van der Waals surface area contributed by atoms with Crippen molar-refractivity contribution < 1.29 is 23.8 Å². The third kappa shape index (κ3) is 2.48. The number of carbonyl (C=O) groups excluding carboxylic acids is 1. The molecule has 0 unspecified atom stereocenters. The number of nitrogens with one attached hydrogen (secondary N) is 2. The number of pyridine rings is 1. The number of halogens is 1. The van der Waals surface area contributed by atoms with Crippen molar-refractivity contribution in [3.8, 4) is 0 Å². The summed E-state index contributed by atoms with van der Waals surface area (Å²) in [4.78, 5) is 26.8. The van der Waals surface area contributed by atoms with Crippen molar-refractivity contribution in [2.24, 2.45) is 0 Å². The number of ether oxygens (including phenoxy) is 2. The van der Waals surface area contributed by atoms with Crippen LogP contribution in [0.1, 0.15) is 10.4 Å². The monoisotopic (exact) mass is 334 g/mol. The Morgan fingerprint density at radius 2 is 2.04 bits per heavy atom. The smallest absolute Gasteiger partial charge is 0.252 e. The Bertz CT molecular complexity index is 867. The van der Waals surface area contributed by atoms with E-state index >= 15 is 0 Å². The normalized spacial score (nSPS) is 28.9. The fraction of sp³-hybridized carbons (Fsp3) is 0.375. The molecule has 1 aromatic heterocycles. The zero-order chi connectivity index (χ0) is 16.8. The molecule has 0 radical (unpaired) electrons. The summed E-state index contributed by atoms with van der Waals surface area (Å²) in [5.74, 6) is -0.979. The maximum Gasteiger partial charge on any atom is 0.252 e. The largest absolute Gasteiger partial charge is 0.388 e. The van der Waals surface area contributed by atoms with Gasteiger partial charge in [-0.25, -0.2) is 4.39 Å². The molecule has 0 aliphatic carbocycles. The van der Waals surface area contributed by atoms with E-state index in [0.717, 1.165) is 0 Å². The summed E-state index contributed by atoms with van der Waals surface area (Å²) in [7, 11) is 0. The highest BCUT2D eigenvalue weighted by Crippen LogP contribution is 2.27. The summed E-state index contributed by atoms with van der Waals surface area (Å²) < 4.78 is 24.2. The van der Waals surface area contributed by atoms with Crippen molar-refractivity contribution >= 4 is 16.8 Å². The van der Waals surface area contributed by atoms with Gasteiger partial charge >= 0.3 is 0 Å². The number of aromatic amines is 1. The SMILES string of the molecule is O=C(N[C@H]1CO[C@H]2[C@@H]1OC[C@@H]2O)c1cc(=O)[nH]c2cc(F)ccc12. The summed E-state index contributed by atoms with van der Waals surface area (Å²) in [5.41, 5.74) is -0.0946. The average Bonchev–Trinajstić information content (AvgIpc) is 3.10. The predicted molar refractivity (Wildman–Crippen MR) is 81.3 cm³/mol. The van der Waals surface area contributed by atoms with Crippen LogP contribution in [0, 0.1) is 5.82 Å². The molecule has 0 bridgehead atoms. The van der Waals surface area contributed by atoms with Gasteiger partial charge in [-0.1, -0.05) is 0 Å². The lowest BCUT2D eigenvalue weighted by Crippen LogP contribution is -2.44. The van der Waals surface area contributed by atoms with Gasteiger partial charge in [0.05, 0.1) is 30.3 Å². The molecule has 3 heterocycles. The van der Waals surface area contributed by atoms with Crippen molar-refractivity contribution in [2.45, 2.75) is 24.4 Å². The first kappa shape index (κ1) is 15.3. The molecule has 24 heavy (non-hydrogen) atoms. The van der Waals surface area contributed by atoms with Gasteiger partial charge in [0.2, 0.25) is 5.56 Å². The van der Waals surface area contributed by atoms with Gasteiger partial charge in [-0.15, -0.1) is 0 Å². The highest BCUT2D eigenvalue weighted by Gasteiger charge is 2.47. The Morgan fingerprint density at radius 3 is 2.88 bits per heavy atom. The van der Waals surface area contributed by atoms with E-state index in [1.165, 1.54) is 24.3 Å². The summed E-state index contributed by atoms with van der Waals surface area (Å²) in [5, 5.41) is 12.9. The number of fused-ring (bicyclic) bond motifs is 2. The van der Waals surface area contributed by atoms with Crippen LogP contribution in [0.25, 0.3) is 10.9 Å². The highest BCUT2D eigenvalue weighted by atomic mass is 19.1. The molecular weight excluding hydrogens is 319 g/mol. The van der Waals surface area contributed by atoms with Crippen molar-refractivity contribution in [3.63, 3.8) is 0 Å². The minimum Gasteiger partial charge on any atom is -0.388 e. The molecule has 3 N–H and O–H groups in total. The fourth-order valence-corrected chi connectivity index (χ4v) is 3.27. The maximum atomic E-state index is 13.3. The van der Waals surface area contributed by atoms with E-state index in [-0.39, 0.29) is 24.3 Å². The maximum absolute atomic E-state index is 13.3. The van der Waals surface area contributed by atoms with Crippen molar-refractivity contribution in [2.75, 3.05) is 13.2 Å². The van der Waals surface area contributed by atoms with Crippen molar-refractivity contribution in [1.29, 1.82) is 0 Å². The van der Waals surface area contributed by atoms with Crippen LogP contribution in [-0.4, -0.2) is 53.6 Å². The summed E-state index contributed by atoms with van der Waals surface area (Å²) in [6.45, 7) is 0.378. The molecule has 0 spiro atoms. The van der Waals surface area contributed by atoms with E-state index in [1.807, 2.05) is 0 Å². The van der Waals surface area contributed by atoms with Crippen LogP contribution in [0.5, 0.6) is 0 Å². The molecule has 2 saturated heterocycles. The molecule has 4 rings (SSSR count). The van der Waals surface area contributed by atoms with Crippen molar-refractivity contribution in [3.05, 3.63) is 46.0 Å². The Balaban J connectivity index is 1.63. The molecule has 2 aliphatic heterocycles. The highest BCUT2D eigenvalue weighted by molar-refractivity contribution is 6.06. The van der Waals surface area contributed by atoms with Crippen molar-refractivity contribution in [1.82, 2.24) is 10.3 Å². The molecule has 2 aliphatic rings. The Morgan fingerprint density at radius 1 is 1.25 bits per heavy atom. The molecule has 8 heteroatoms. The van der Waals surface area contributed by atoms with Gasteiger partial charge < -0.3 is 24.9 Å². The number of H-pyrrole nitrogens is 1. The number of aliphatic hydroxyl groups is 1. The van der Waals surface area contributed by atoms with E-state index in [2.05, 4.69) is 10.3 Å². The van der Waals surface area contributed by atoms with Gasteiger partial charge in [0.15, 0.2) is 0 Å². The molecular formula is C16H15FN2O5. The number of benzene rings is 1. The minimum atomic E-state index is -0.708. The summed E-state index contributed by atoms with van der Waals surface area (Å²) >= 11 is 0. The van der Waals surface area contributed by atoms with E-state index in [9.17, 15) is 19.1 Å². The van der Waals surface area contributed by atoms with E-state index in [0.29, 0.717) is 5.39 Å². The number of carbonyl (C=O) groups is 1. The number of aromatic nitrogens is 1. The predicted octanol–water partition coefficient (Wildman–Crippen LogP) is -0.0759. The topological polar surface area (TPSA) is 101 Å². The number of rotatable bonds is 2. The molecule has 2 aromatic rings. The first-order chi connectivity index (χ1) is 11.5. The van der Waals surface area contributed by atoms with Crippen LogP contribution in [0.4, 0.5) is 4.39 Å². The molecule has 2 fully saturated rings.